The molecule has 0 radical (unpaired) electrons. The summed E-state index contributed by atoms with van der Waals surface area (Å²) in [7, 11) is 0. The molecule has 0 N–H and O–H groups in total. The molecular weight excluding hydrogens is 460 g/mol. The number of carbonyl (C=O) groups excluding carboxylic acids is 1. The minimum atomic E-state index is -4.65. The molecule has 3 rings (SSSR count). The van der Waals surface area contributed by atoms with Gasteiger partial charge in [0.2, 0.25) is 5.91 Å². The molecule has 0 aliphatic rings. The Morgan fingerprint density at radius 3 is 2.34 bits per heavy atom. The normalized spacial score (nSPS) is 12.2. The van der Waals surface area contributed by atoms with Gasteiger partial charge in [0, 0.05) is 0 Å². The van der Waals surface area contributed by atoms with Crippen LogP contribution < -0.4 is 0 Å². The van der Waals surface area contributed by atoms with Crippen LogP contribution in [0.4, 0.5) is 26.3 Å². The van der Waals surface area contributed by atoms with Crippen LogP contribution in [0.3, 0.4) is 0 Å². The van der Waals surface area contributed by atoms with Crippen LogP contribution in [-0.4, -0.2) is 45.0 Å². The predicted octanol–water partition coefficient (Wildman–Crippen LogP) is 5.39. The molecule has 0 saturated carbocycles. The van der Waals surface area contributed by atoms with Gasteiger partial charge in [-0.25, -0.2) is 4.98 Å². The summed E-state index contributed by atoms with van der Waals surface area (Å²) in [6.45, 7) is -3.29. The number of aromatic nitrogens is 2. The SMILES string of the molecule is O=C(CSc1ncc(-c2ccccc2)n1CC(F)(F)F)N(Cc1ccco1)CC(F)(F)F. The fourth-order valence-corrected chi connectivity index (χ4v) is 3.78. The van der Waals surface area contributed by atoms with Gasteiger partial charge in [0.25, 0.3) is 0 Å². The molecule has 3 aromatic rings. The van der Waals surface area contributed by atoms with Crippen molar-refractivity contribution in [2.45, 2.75) is 30.6 Å². The minimum absolute atomic E-state index is 0.125. The van der Waals surface area contributed by atoms with Crippen molar-refractivity contribution in [1.82, 2.24) is 14.5 Å². The number of halogens is 6. The molecule has 1 aromatic carbocycles. The van der Waals surface area contributed by atoms with Gasteiger partial charge in [-0.3, -0.25) is 4.79 Å². The summed E-state index contributed by atoms with van der Waals surface area (Å²) < 4.78 is 84.1. The van der Waals surface area contributed by atoms with E-state index in [1.54, 1.807) is 30.3 Å². The summed E-state index contributed by atoms with van der Waals surface area (Å²) in [6, 6.07) is 11.1. The van der Waals surface area contributed by atoms with Gasteiger partial charge in [0.15, 0.2) is 5.16 Å². The molecule has 2 heterocycles. The number of hydrogen-bond acceptors (Lipinski definition) is 4. The van der Waals surface area contributed by atoms with E-state index in [1.165, 1.54) is 24.6 Å². The number of amides is 1. The van der Waals surface area contributed by atoms with Gasteiger partial charge in [-0.15, -0.1) is 0 Å². The lowest BCUT2D eigenvalue weighted by Gasteiger charge is -2.23. The largest absolute Gasteiger partial charge is 0.467 e. The molecule has 0 atom stereocenters. The maximum absolute atomic E-state index is 13.2. The lowest BCUT2D eigenvalue weighted by molar-refractivity contribution is -0.161. The number of rotatable bonds is 8. The molecule has 32 heavy (non-hydrogen) atoms. The molecule has 5 nitrogen and oxygen atoms in total. The number of thioether (sulfide) groups is 1. The fraction of sp³-hybridized carbons (Fsp3) is 0.300. The van der Waals surface area contributed by atoms with Crippen molar-refractivity contribution in [1.29, 1.82) is 0 Å². The third-order valence-electron chi connectivity index (χ3n) is 4.20. The van der Waals surface area contributed by atoms with E-state index in [-0.39, 0.29) is 16.6 Å². The molecule has 2 aromatic heterocycles. The maximum atomic E-state index is 13.2. The van der Waals surface area contributed by atoms with Crippen LogP contribution in [0.25, 0.3) is 11.3 Å². The quantitative estimate of drug-likeness (QED) is 0.323. The Hall–Kier alpha value is -2.89. The van der Waals surface area contributed by atoms with Crippen LogP contribution in [0, 0.1) is 0 Å². The molecule has 0 spiro atoms. The van der Waals surface area contributed by atoms with E-state index in [4.69, 9.17) is 4.42 Å². The number of nitrogens with zero attached hydrogens (tertiary/aromatic N) is 3. The first-order valence-electron chi connectivity index (χ1n) is 9.19. The Kier molecular flexibility index (Phi) is 7.22. The predicted molar refractivity (Wildman–Crippen MR) is 105 cm³/mol. The van der Waals surface area contributed by atoms with Crippen LogP contribution in [0.5, 0.6) is 0 Å². The highest BCUT2D eigenvalue weighted by molar-refractivity contribution is 7.99. The first kappa shape index (κ1) is 23.8. The molecule has 0 fully saturated rings. The monoisotopic (exact) mass is 477 g/mol. The molecule has 12 heteroatoms. The van der Waals surface area contributed by atoms with Crippen molar-refractivity contribution in [3.63, 3.8) is 0 Å². The Balaban J connectivity index is 1.79. The number of imidazole rings is 1. The number of alkyl halides is 6. The number of furan rings is 1. The fourth-order valence-electron chi connectivity index (χ4n) is 2.90. The summed E-state index contributed by atoms with van der Waals surface area (Å²) in [6.07, 6.45) is -6.71. The van der Waals surface area contributed by atoms with E-state index in [9.17, 15) is 31.1 Å². The summed E-state index contributed by atoms with van der Waals surface area (Å²) in [5.74, 6) is -1.29. The van der Waals surface area contributed by atoms with E-state index >= 15 is 0 Å². The lowest BCUT2D eigenvalue weighted by atomic mass is 10.2. The van der Waals surface area contributed by atoms with Crippen molar-refractivity contribution < 1.29 is 35.6 Å². The van der Waals surface area contributed by atoms with E-state index in [0.29, 0.717) is 22.2 Å². The molecule has 0 aliphatic carbocycles. The molecule has 0 bridgehead atoms. The van der Waals surface area contributed by atoms with Gasteiger partial charge in [0.05, 0.1) is 30.5 Å². The van der Waals surface area contributed by atoms with Crippen molar-refractivity contribution >= 4 is 17.7 Å². The smallest absolute Gasteiger partial charge is 0.406 e. The third kappa shape index (κ3) is 6.81. The van der Waals surface area contributed by atoms with Crippen molar-refractivity contribution in [2.75, 3.05) is 12.3 Å². The zero-order chi connectivity index (χ0) is 23.4. The van der Waals surface area contributed by atoms with E-state index < -0.39 is 43.6 Å². The Morgan fingerprint density at radius 2 is 1.75 bits per heavy atom. The maximum Gasteiger partial charge on any atom is 0.406 e. The lowest BCUT2D eigenvalue weighted by Crippen LogP contribution is -2.39. The van der Waals surface area contributed by atoms with Gasteiger partial charge >= 0.3 is 12.4 Å². The highest BCUT2D eigenvalue weighted by Crippen LogP contribution is 2.30. The highest BCUT2D eigenvalue weighted by Gasteiger charge is 2.34. The van der Waals surface area contributed by atoms with Gasteiger partial charge in [-0.05, 0) is 17.7 Å². The number of hydrogen-bond donors (Lipinski definition) is 0. The molecular formula is C20H17F6N3O2S. The first-order valence-corrected chi connectivity index (χ1v) is 10.2. The van der Waals surface area contributed by atoms with E-state index in [1.807, 2.05) is 0 Å². The summed E-state index contributed by atoms with van der Waals surface area (Å²) in [4.78, 5) is 17.0. The van der Waals surface area contributed by atoms with Crippen LogP contribution in [0.1, 0.15) is 5.76 Å². The standard InChI is InChI=1S/C20H17F6N3O2S/c21-19(22,23)12-28(10-15-7-4-8-31-15)17(30)11-32-18-27-9-16(14-5-2-1-3-6-14)29(18)13-20(24,25)26/h1-9H,10-13H2. The van der Waals surface area contributed by atoms with Crippen LogP contribution in [-0.2, 0) is 17.9 Å². The van der Waals surface area contributed by atoms with Gasteiger partial charge in [0.1, 0.15) is 18.8 Å². The van der Waals surface area contributed by atoms with Gasteiger partial charge in [-0.2, -0.15) is 26.3 Å². The average Bonchev–Trinajstić information content (AvgIpc) is 3.34. The minimum Gasteiger partial charge on any atom is -0.467 e. The Morgan fingerprint density at radius 1 is 1.03 bits per heavy atom. The Bertz CT molecular complexity index is 1020. The molecule has 172 valence electrons. The molecule has 0 unspecified atom stereocenters. The van der Waals surface area contributed by atoms with Gasteiger partial charge < -0.3 is 13.9 Å². The summed E-state index contributed by atoms with van der Waals surface area (Å²) in [5.41, 5.74) is 0.666. The van der Waals surface area contributed by atoms with E-state index in [0.717, 1.165) is 4.57 Å². The van der Waals surface area contributed by atoms with Crippen LogP contribution in [0.2, 0.25) is 0 Å². The van der Waals surface area contributed by atoms with Crippen LogP contribution >= 0.6 is 11.8 Å². The summed E-state index contributed by atoms with van der Waals surface area (Å²) >= 11 is 0.641. The zero-order valence-corrected chi connectivity index (χ0v) is 17.2. The second-order valence-corrected chi connectivity index (χ2v) is 7.67. The zero-order valence-electron chi connectivity index (χ0n) is 16.4. The second-order valence-electron chi connectivity index (χ2n) is 6.73. The number of carbonyl (C=O) groups is 1. The topological polar surface area (TPSA) is 51.3 Å². The van der Waals surface area contributed by atoms with Crippen LogP contribution in [0.15, 0.2) is 64.5 Å². The van der Waals surface area contributed by atoms with Gasteiger partial charge in [-0.1, -0.05) is 42.1 Å². The van der Waals surface area contributed by atoms with Crippen molar-refractivity contribution in [2.24, 2.45) is 0 Å². The average molecular weight is 477 g/mol. The van der Waals surface area contributed by atoms with Crippen molar-refractivity contribution in [3.05, 3.63) is 60.7 Å². The molecule has 0 saturated heterocycles. The van der Waals surface area contributed by atoms with Crippen molar-refractivity contribution in [3.8, 4) is 11.3 Å². The summed E-state index contributed by atoms with van der Waals surface area (Å²) in [5, 5.41) is -0.125. The first-order chi connectivity index (χ1) is 15.0. The number of benzene rings is 1. The molecule has 0 aliphatic heterocycles. The second kappa shape index (κ2) is 9.72. The highest BCUT2D eigenvalue weighted by atomic mass is 32.2. The van der Waals surface area contributed by atoms with E-state index in [2.05, 4.69) is 4.98 Å². The molecule has 1 amide bonds. The third-order valence-corrected chi connectivity index (χ3v) is 5.18. The Labute approximate surface area is 183 Å².